The molecule has 0 aliphatic carbocycles. The van der Waals surface area contributed by atoms with E-state index in [4.69, 9.17) is 17.3 Å². The first-order chi connectivity index (χ1) is 11.2. The molecule has 3 aromatic rings. The Morgan fingerprint density at radius 1 is 1.17 bits per heavy atom. The van der Waals surface area contributed by atoms with Crippen LogP contribution in [0.2, 0.25) is 5.02 Å². The molecular weight excluding hydrogens is 310 g/mol. The molecule has 5 nitrogen and oxygen atoms in total. The fourth-order valence-corrected chi connectivity index (χ4v) is 3.15. The lowest BCUT2D eigenvalue weighted by molar-refractivity contribution is 0.857. The van der Waals surface area contributed by atoms with Crippen molar-refractivity contribution in [1.29, 1.82) is 5.26 Å². The predicted octanol–water partition coefficient (Wildman–Crippen LogP) is 3.51. The first kappa shape index (κ1) is 13.7. The summed E-state index contributed by atoms with van der Waals surface area (Å²) in [4.78, 5) is 4.56. The highest BCUT2D eigenvalue weighted by Gasteiger charge is 2.30. The molecule has 23 heavy (non-hydrogen) atoms. The summed E-state index contributed by atoms with van der Waals surface area (Å²) in [5.74, 6) is 0.979. The van der Waals surface area contributed by atoms with E-state index in [1.54, 1.807) is 10.6 Å². The highest BCUT2D eigenvalue weighted by atomic mass is 35.5. The number of imidazole rings is 1. The molecule has 0 radical (unpaired) electrons. The molecule has 1 aromatic heterocycles. The van der Waals surface area contributed by atoms with Gasteiger partial charge in [-0.2, -0.15) is 5.26 Å². The minimum atomic E-state index is -0.419. The summed E-state index contributed by atoms with van der Waals surface area (Å²) in [6.45, 7) is 0. The molecule has 1 aliphatic rings. The molecule has 2 aromatic carbocycles. The Morgan fingerprint density at radius 2 is 1.91 bits per heavy atom. The van der Waals surface area contributed by atoms with Crippen LogP contribution in [0.3, 0.4) is 0 Å². The summed E-state index contributed by atoms with van der Waals surface area (Å²) >= 11 is 6.29. The molecule has 0 saturated carbocycles. The molecule has 0 bridgehead atoms. The summed E-state index contributed by atoms with van der Waals surface area (Å²) in [6.07, 6.45) is 0. The van der Waals surface area contributed by atoms with Gasteiger partial charge in [-0.15, -0.1) is 0 Å². The van der Waals surface area contributed by atoms with Gasteiger partial charge in [-0.1, -0.05) is 41.9 Å². The second kappa shape index (κ2) is 5.04. The molecule has 0 unspecified atom stereocenters. The van der Waals surface area contributed by atoms with Gasteiger partial charge in [-0.25, -0.2) is 4.98 Å². The molecule has 1 aliphatic heterocycles. The fourth-order valence-electron chi connectivity index (χ4n) is 2.90. The zero-order valence-electron chi connectivity index (χ0n) is 12.0. The van der Waals surface area contributed by atoms with E-state index in [1.165, 1.54) is 0 Å². The van der Waals surface area contributed by atoms with Crippen molar-refractivity contribution in [2.45, 2.75) is 6.04 Å². The number of fused-ring (bicyclic) bond motifs is 3. The van der Waals surface area contributed by atoms with Crippen LogP contribution in [0, 0.1) is 11.3 Å². The van der Waals surface area contributed by atoms with Gasteiger partial charge in [0.05, 0.1) is 22.6 Å². The zero-order valence-corrected chi connectivity index (χ0v) is 12.7. The first-order valence-corrected chi connectivity index (χ1v) is 7.47. The lowest BCUT2D eigenvalue weighted by atomic mass is 9.98. The van der Waals surface area contributed by atoms with Crippen molar-refractivity contribution in [3.63, 3.8) is 0 Å². The van der Waals surface area contributed by atoms with E-state index in [1.807, 2.05) is 42.5 Å². The normalized spacial score (nSPS) is 16.8. The Morgan fingerprint density at radius 3 is 2.70 bits per heavy atom. The number of anilines is 1. The SMILES string of the molecule is N#CC1=C(N)n2c(nc3ccccc32)N[C@@H]1c1ccccc1Cl. The van der Waals surface area contributed by atoms with Crippen molar-refractivity contribution in [3.8, 4) is 6.07 Å². The van der Waals surface area contributed by atoms with Crippen LogP contribution < -0.4 is 11.1 Å². The van der Waals surface area contributed by atoms with Gasteiger partial charge in [0.15, 0.2) is 0 Å². The number of benzene rings is 2. The van der Waals surface area contributed by atoms with Crippen LogP contribution in [-0.4, -0.2) is 9.55 Å². The molecule has 112 valence electrons. The van der Waals surface area contributed by atoms with Gasteiger partial charge >= 0.3 is 0 Å². The van der Waals surface area contributed by atoms with E-state index < -0.39 is 6.04 Å². The van der Waals surface area contributed by atoms with Crippen LogP contribution in [0.4, 0.5) is 5.95 Å². The van der Waals surface area contributed by atoms with Crippen LogP contribution >= 0.6 is 11.6 Å². The minimum Gasteiger partial charge on any atom is -0.384 e. The maximum Gasteiger partial charge on any atom is 0.210 e. The summed E-state index contributed by atoms with van der Waals surface area (Å²) in [7, 11) is 0. The largest absolute Gasteiger partial charge is 0.384 e. The molecular formula is C17H12ClN5. The molecule has 1 atom stereocenters. The van der Waals surface area contributed by atoms with E-state index in [0.29, 0.717) is 22.4 Å². The van der Waals surface area contributed by atoms with Gasteiger partial charge in [0.2, 0.25) is 5.95 Å². The third-order valence-corrected chi connectivity index (χ3v) is 4.32. The molecule has 0 saturated heterocycles. The number of para-hydroxylation sites is 2. The molecule has 4 rings (SSSR count). The second-order valence-electron chi connectivity index (χ2n) is 5.27. The van der Waals surface area contributed by atoms with Crippen LogP contribution in [0.25, 0.3) is 16.9 Å². The number of nitriles is 1. The Bertz CT molecular complexity index is 996. The van der Waals surface area contributed by atoms with Gasteiger partial charge in [0.1, 0.15) is 11.9 Å². The minimum absolute atomic E-state index is 0.375. The number of aromatic nitrogens is 2. The van der Waals surface area contributed by atoms with Crippen molar-refractivity contribution in [1.82, 2.24) is 9.55 Å². The van der Waals surface area contributed by atoms with Gasteiger partial charge < -0.3 is 11.1 Å². The smallest absolute Gasteiger partial charge is 0.210 e. The van der Waals surface area contributed by atoms with Crippen molar-refractivity contribution in [2.75, 3.05) is 5.32 Å². The van der Waals surface area contributed by atoms with Crippen molar-refractivity contribution < 1.29 is 0 Å². The van der Waals surface area contributed by atoms with Crippen molar-refractivity contribution in [3.05, 3.63) is 64.7 Å². The summed E-state index contributed by atoms with van der Waals surface area (Å²) in [6, 6.07) is 16.9. The highest BCUT2D eigenvalue weighted by molar-refractivity contribution is 6.31. The first-order valence-electron chi connectivity index (χ1n) is 7.09. The standard InChI is InChI=1S/C17H12ClN5/c18-12-6-2-1-5-10(12)15-11(9-19)16(20)23-14-8-4-3-7-13(14)21-17(23)22-15/h1-8,15H,20H2,(H,21,22)/t15-/m1/s1. The average molecular weight is 322 g/mol. The van der Waals surface area contributed by atoms with Gasteiger partial charge in [-0.3, -0.25) is 4.57 Å². The van der Waals surface area contributed by atoms with Gasteiger partial charge in [-0.05, 0) is 23.8 Å². The maximum atomic E-state index is 9.61. The van der Waals surface area contributed by atoms with Crippen LogP contribution in [0.15, 0.2) is 54.1 Å². The lowest BCUT2D eigenvalue weighted by Crippen LogP contribution is -2.26. The van der Waals surface area contributed by atoms with E-state index in [0.717, 1.165) is 16.6 Å². The Hall–Kier alpha value is -2.97. The average Bonchev–Trinajstić information content (AvgIpc) is 2.93. The van der Waals surface area contributed by atoms with Gasteiger partial charge in [0, 0.05) is 5.02 Å². The Balaban J connectivity index is 1.97. The molecule has 0 fully saturated rings. The summed E-state index contributed by atoms with van der Waals surface area (Å²) < 4.78 is 1.77. The van der Waals surface area contributed by atoms with Crippen LogP contribution in [0.1, 0.15) is 11.6 Å². The van der Waals surface area contributed by atoms with E-state index in [-0.39, 0.29) is 0 Å². The number of hydrogen-bond donors (Lipinski definition) is 2. The fraction of sp³-hybridized carbons (Fsp3) is 0.0588. The predicted molar refractivity (Wildman–Crippen MR) is 90.6 cm³/mol. The third-order valence-electron chi connectivity index (χ3n) is 3.98. The second-order valence-corrected chi connectivity index (χ2v) is 5.68. The topological polar surface area (TPSA) is 79.7 Å². The summed E-state index contributed by atoms with van der Waals surface area (Å²) in [5.41, 5.74) is 9.18. The van der Waals surface area contributed by atoms with Crippen molar-refractivity contribution >= 4 is 34.4 Å². The number of nitrogens with two attached hydrogens (primary N) is 1. The molecule has 3 N–H and O–H groups in total. The van der Waals surface area contributed by atoms with E-state index >= 15 is 0 Å². The summed E-state index contributed by atoms with van der Waals surface area (Å²) in [5, 5.41) is 13.5. The van der Waals surface area contributed by atoms with Crippen molar-refractivity contribution in [2.24, 2.45) is 5.73 Å². The van der Waals surface area contributed by atoms with Crippen LogP contribution in [0.5, 0.6) is 0 Å². The number of nitrogens with zero attached hydrogens (tertiary/aromatic N) is 3. The zero-order chi connectivity index (χ0) is 16.0. The highest BCUT2D eigenvalue weighted by Crippen LogP contribution is 2.38. The Kier molecular flexibility index (Phi) is 3.00. The quantitative estimate of drug-likeness (QED) is 0.718. The van der Waals surface area contributed by atoms with E-state index in [2.05, 4.69) is 16.4 Å². The molecule has 0 amide bonds. The number of hydrogen-bond acceptors (Lipinski definition) is 4. The van der Waals surface area contributed by atoms with Crippen LogP contribution in [-0.2, 0) is 0 Å². The Labute approximate surface area is 137 Å². The maximum absolute atomic E-state index is 9.61. The number of nitrogens with one attached hydrogen (secondary N) is 1. The number of halogens is 1. The monoisotopic (exact) mass is 321 g/mol. The molecule has 2 heterocycles. The molecule has 6 heteroatoms. The molecule has 0 spiro atoms. The third kappa shape index (κ3) is 1.96. The van der Waals surface area contributed by atoms with E-state index in [9.17, 15) is 5.26 Å². The number of rotatable bonds is 1. The van der Waals surface area contributed by atoms with Gasteiger partial charge in [0.25, 0.3) is 0 Å². The lowest BCUT2D eigenvalue weighted by Gasteiger charge is -2.27.